The maximum Gasteiger partial charge on any atom is 0.339 e. The molecule has 0 saturated carbocycles. The van der Waals surface area contributed by atoms with Crippen molar-refractivity contribution in [3.05, 3.63) is 50.2 Å². The molecule has 0 aliphatic carbocycles. The largest absolute Gasteiger partial charge is 0.422 e. The molecule has 5 nitrogen and oxygen atoms in total. The van der Waals surface area contributed by atoms with E-state index in [4.69, 9.17) is 9.95 Å². The van der Waals surface area contributed by atoms with Crippen LogP contribution in [0.4, 0.5) is 5.69 Å². The predicted octanol–water partition coefficient (Wildman–Crippen LogP) is 3.61. The third-order valence-electron chi connectivity index (χ3n) is 2.78. The van der Waals surface area contributed by atoms with Gasteiger partial charge in [-0.2, -0.15) is 0 Å². The normalized spacial score (nSPS) is 10.2. The second kappa shape index (κ2) is 4.31. The van der Waals surface area contributed by atoms with Crippen molar-refractivity contribution in [3.8, 4) is 0 Å². The van der Waals surface area contributed by atoms with Gasteiger partial charge in [0.1, 0.15) is 5.58 Å². The van der Waals surface area contributed by atoms with Gasteiger partial charge in [0.05, 0.1) is 0 Å². The van der Waals surface area contributed by atoms with E-state index in [2.05, 4.69) is 10.0 Å². The summed E-state index contributed by atoms with van der Waals surface area (Å²) < 4.78 is 5.21. The topological polar surface area (TPSA) is 79.0 Å². The van der Waals surface area contributed by atoms with Gasteiger partial charge >= 0.3 is 5.63 Å². The van der Waals surface area contributed by atoms with Crippen LogP contribution in [-0.2, 0) is 6.42 Å². The summed E-state index contributed by atoms with van der Waals surface area (Å²) in [6.45, 7) is 3.81. The Morgan fingerprint density at radius 1 is 1.47 bits per heavy atom. The first-order chi connectivity index (χ1) is 8.17. The monoisotopic (exact) mass is 229 g/mol. The smallest absolute Gasteiger partial charge is 0.339 e. The Morgan fingerprint density at radius 3 is 2.88 bits per heavy atom. The highest BCUT2D eigenvalue weighted by molar-refractivity contribution is 5.83. The molecule has 2 rings (SSSR count). The Bertz CT molecular complexity index is 682. The fourth-order valence-corrected chi connectivity index (χ4v) is 1.91. The Balaban J connectivity index is 2.82. The third-order valence-corrected chi connectivity index (χ3v) is 2.78. The van der Waals surface area contributed by atoms with Crippen molar-refractivity contribution in [1.82, 2.24) is 0 Å². The Kier molecular flexibility index (Phi) is 2.85. The second-order valence-corrected chi connectivity index (χ2v) is 3.72. The van der Waals surface area contributed by atoms with Gasteiger partial charge in [-0.05, 0) is 30.5 Å². The standard InChI is InChI=1S/C12H11N3O2/c1-3-9-7(2)10-5-4-8(14-15-13)6-11(10)17-12(9)16/h4-6H,3H2,1-2H3. The zero-order valence-electron chi connectivity index (χ0n) is 9.60. The molecule has 1 aromatic heterocycles. The lowest BCUT2D eigenvalue weighted by Crippen LogP contribution is -2.08. The predicted molar refractivity (Wildman–Crippen MR) is 65.4 cm³/mol. The van der Waals surface area contributed by atoms with E-state index in [0.717, 1.165) is 10.9 Å². The van der Waals surface area contributed by atoms with E-state index in [1.807, 2.05) is 13.8 Å². The minimum atomic E-state index is -0.324. The molecule has 0 bridgehead atoms. The van der Waals surface area contributed by atoms with Crippen LogP contribution in [0.3, 0.4) is 0 Å². The van der Waals surface area contributed by atoms with Crippen LogP contribution >= 0.6 is 0 Å². The number of azide groups is 1. The van der Waals surface area contributed by atoms with Crippen LogP contribution in [0.2, 0.25) is 0 Å². The molecular weight excluding hydrogens is 218 g/mol. The number of fused-ring (bicyclic) bond motifs is 1. The van der Waals surface area contributed by atoms with Crippen LogP contribution in [0, 0.1) is 6.92 Å². The maximum atomic E-state index is 11.7. The number of rotatable bonds is 2. The lowest BCUT2D eigenvalue weighted by atomic mass is 10.0. The van der Waals surface area contributed by atoms with E-state index in [1.165, 1.54) is 0 Å². The number of nitrogens with zero attached hydrogens (tertiary/aromatic N) is 3. The highest BCUT2D eigenvalue weighted by Crippen LogP contribution is 2.24. The fourth-order valence-electron chi connectivity index (χ4n) is 1.91. The quantitative estimate of drug-likeness (QED) is 0.341. The van der Waals surface area contributed by atoms with E-state index in [1.54, 1.807) is 18.2 Å². The van der Waals surface area contributed by atoms with Gasteiger partial charge in [-0.1, -0.05) is 24.2 Å². The lowest BCUT2D eigenvalue weighted by Gasteiger charge is -2.05. The van der Waals surface area contributed by atoms with Gasteiger partial charge in [0, 0.05) is 21.5 Å². The van der Waals surface area contributed by atoms with Gasteiger partial charge < -0.3 is 4.42 Å². The van der Waals surface area contributed by atoms with Crippen molar-refractivity contribution < 1.29 is 4.42 Å². The molecule has 0 atom stereocenters. The minimum Gasteiger partial charge on any atom is -0.422 e. The summed E-state index contributed by atoms with van der Waals surface area (Å²) in [4.78, 5) is 14.4. The fraction of sp³-hybridized carbons (Fsp3) is 0.250. The zero-order chi connectivity index (χ0) is 12.4. The molecule has 1 heterocycles. The maximum absolute atomic E-state index is 11.7. The van der Waals surface area contributed by atoms with E-state index in [-0.39, 0.29) is 5.63 Å². The van der Waals surface area contributed by atoms with Gasteiger partial charge in [0.25, 0.3) is 0 Å². The van der Waals surface area contributed by atoms with Gasteiger partial charge in [0.2, 0.25) is 0 Å². The molecule has 0 saturated heterocycles. The van der Waals surface area contributed by atoms with Crippen LogP contribution in [0.5, 0.6) is 0 Å². The summed E-state index contributed by atoms with van der Waals surface area (Å²) >= 11 is 0. The first kappa shape index (κ1) is 11.2. The second-order valence-electron chi connectivity index (χ2n) is 3.72. The SMILES string of the molecule is CCc1c(C)c2ccc(N=[N+]=[N-])cc2oc1=O. The molecule has 17 heavy (non-hydrogen) atoms. The molecule has 86 valence electrons. The van der Waals surface area contributed by atoms with Gasteiger partial charge in [-0.25, -0.2) is 4.79 Å². The third kappa shape index (κ3) is 1.88. The zero-order valence-corrected chi connectivity index (χ0v) is 9.60. The first-order valence-corrected chi connectivity index (χ1v) is 5.28. The molecule has 0 aliphatic heterocycles. The summed E-state index contributed by atoms with van der Waals surface area (Å²) in [5.74, 6) is 0. The molecule has 5 heteroatoms. The highest BCUT2D eigenvalue weighted by Gasteiger charge is 2.09. The number of hydrogen-bond donors (Lipinski definition) is 0. The van der Waals surface area contributed by atoms with Crippen molar-refractivity contribution in [3.63, 3.8) is 0 Å². The number of hydrogen-bond acceptors (Lipinski definition) is 3. The summed E-state index contributed by atoms with van der Waals surface area (Å²) in [6.07, 6.45) is 0.641. The highest BCUT2D eigenvalue weighted by atomic mass is 16.4. The average molecular weight is 229 g/mol. The number of aryl methyl sites for hydroxylation is 1. The molecule has 0 amide bonds. The van der Waals surface area contributed by atoms with Crippen molar-refractivity contribution in [2.75, 3.05) is 0 Å². The van der Waals surface area contributed by atoms with Gasteiger partial charge in [-0.3, -0.25) is 0 Å². The first-order valence-electron chi connectivity index (χ1n) is 5.28. The molecule has 2 aromatic rings. The summed E-state index contributed by atoms with van der Waals surface area (Å²) in [5, 5.41) is 4.35. The molecule has 0 fully saturated rings. The van der Waals surface area contributed by atoms with Crippen molar-refractivity contribution >= 4 is 16.7 Å². The van der Waals surface area contributed by atoms with E-state index in [0.29, 0.717) is 23.3 Å². The van der Waals surface area contributed by atoms with E-state index in [9.17, 15) is 4.79 Å². The van der Waals surface area contributed by atoms with Crippen molar-refractivity contribution in [2.45, 2.75) is 20.3 Å². The van der Waals surface area contributed by atoms with Gasteiger partial charge in [0.15, 0.2) is 0 Å². The molecular formula is C12H11N3O2. The molecule has 0 N–H and O–H groups in total. The molecule has 0 spiro atoms. The minimum absolute atomic E-state index is 0.324. The summed E-state index contributed by atoms with van der Waals surface area (Å²) in [5.41, 5.74) is 10.5. The average Bonchev–Trinajstić information content (AvgIpc) is 2.29. The molecule has 0 radical (unpaired) electrons. The summed E-state index contributed by atoms with van der Waals surface area (Å²) in [7, 11) is 0. The van der Waals surface area contributed by atoms with Crippen LogP contribution in [-0.4, -0.2) is 0 Å². The van der Waals surface area contributed by atoms with Crippen LogP contribution in [0.1, 0.15) is 18.1 Å². The lowest BCUT2D eigenvalue weighted by molar-refractivity contribution is 0.550. The number of benzene rings is 1. The van der Waals surface area contributed by atoms with Crippen LogP contribution in [0.25, 0.3) is 21.4 Å². The van der Waals surface area contributed by atoms with E-state index >= 15 is 0 Å². The molecule has 0 unspecified atom stereocenters. The van der Waals surface area contributed by atoms with Crippen molar-refractivity contribution in [1.29, 1.82) is 0 Å². The van der Waals surface area contributed by atoms with Crippen LogP contribution < -0.4 is 5.63 Å². The molecule has 0 aliphatic rings. The molecule has 1 aromatic carbocycles. The van der Waals surface area contributed by atoms with Gasteiger partial charge in [-0.15, -0.1) is 0 Å². The van der Waals surface area contributed by atoms with Crippen LogP contribution in [0.15, 0.2) is 32.5 Å². The Morgan fingerprint density at radius 2 is 2.24 bits per heavy atom. The Labute approximate surface area is 97.3 Å². The summed E-state index contributed by atoms with van der Waals surface area (Å²) in [6, 6.07) is 5.08. The van der Waals surface area contributed by atoms with Crippen molar-refractivity contribution in [2.24, 2.45) is 5.11 Å². The van der Waals surface area contributed by atoms with E-state index < -0.39 is 0 Å². The Hall–Kier alpha value is -2.26.